The average Bonchev–Trinajstić information content (AvgIpc) is 2.71. The molecule has 0 atom stereocenters. The molecule has 0 aromatic heterocycles. The standard InChI is InChI=1S/C10H10N2O2S/c13-7-11-12-15-6-8-1-2-9-4-14-5-10(9)3-8/h1-3,7H,4-6H2. The lowest BCUT2D eigenvalue weighted by Gasteiger charge is -2.00. The summed E-state index contributed by atoms with van der Waals surface area (Å²) in [6, 6.07) is 6.25. The van der Waals surface area contributed by atoms with Crippen LogP contribution in [-0.2, 0) is 28.5 Å². The molecule has 15 heavy (non-hydrogen) atoms. The van der Waals surface area contributed by atoms with Crippen molar-refractivity contribution in [2.75, 3.05) is 0 Å². The molecule has 1 aliphatic rings. The zero-order valence-electron chi connectivity index (χ0n) is 8.05. The number of amides is 1. The van der Waals surface area contributed by atoms with Crippen molar-refractivity contribution in [1.82, 2.24) is 0 Å². The first-order chi connectivity index (χ1) is 7.40. The average molecular weight is 222 g/mol. The van der Waals surface area contributed by atoms with Crippen LogP contribution < -0.4 is 0 Å². The van der Waals surface area contributed by atoms with Crippen molar-refractivity contribution in [3.63, 3.8) is 0 Å². The van der Waals surface area contributed by atoms with Crippen LogP contribution >= 0.6 is 11.9 Å². The Morgan fingerprint density at radius 1 is 1.40 bits per heavy atom. The highest BCUT2D eigenvalue weighted by Crippen LogP contribution is 2.23. The molecule has 0 fully saturated rings. The second-order valence-electron chi connectivity index (χ2n) is 3.17. The maximum Gasteiger partial charge on any atom is 0.253 e. The third-order valence-electron chi connectivity index (χ3n) is 2.17. The minimum atomic E-state index is 0.434. The summed E-state index contributed by atoms with van der Waals surface area (Å²) in [5.41, 5.74) is 3.69. The van der Waals surface area contributed by atoms with Crippen LogP contribution in [0.1, 0.15) is 16.7 Å². The Hall–Kier alpha value is -1.20. The molecule has 2 rings (SSSR count). The van der Waals surface area contributed by atoms with Crippen LogP contribution in [0.3, 0.4) is 0 Å². The van der Waals surface area contributed by atoms with Gasteiger partial charge in [0.05, 0.1) is 13.2 Å². The van der Waals surface area contributed by atoms with E-state index in [9.17, 15) is 4.79 Å². The molecule has 0 bridgehead atoms. The van der Waals surface area contributed by atoms with Gasteiger partial charge in [-0.3, -0.25) is 4.79 Å². The molecule has 1 aromatic rings. The van der Waals surface area contributed by atoms with Gasteiger partial charge in [-0.2, -0.15) is 0 Å². The Labute approximate surface area is 91.9 Å². The molecule has 1 aliphatic heterocycles. The minimum absolute atomic E-state index is 0.434. The SMILES string of the molecule is O=CN=NSCc1ccc2c(c1)COC2. The van der Waals surface area contributed by atoms with Crippen LogP contribution in [0.25, 0.3) is 0 Å². The Morgan fingerprint density at radius 3 is 3.13 bits per heavy atom. The predicted molar refractivity (Wildman–Crippen MR) is 57.2 cm³/mol. The van der Waals surface area contributed by atoms with E-state index in [0.717, 1.165) is 5.75 Å². The van der Waals surface area contributed by atoms with Crippen LogP contribution in [0.4, 0.5) is 0 Å². The third-order valence-corrected chi connectivity index (χ3v) is 2.84. The van der Waals surface area contributed by atoms with Crippen LogP contribution in [-0.4, -0.2) is 6.41 Å². The van der Waals surface area contributed by atoms with E-state index < -0.39 is 0 Å². The van der Waals surface area contributed by atoms with Gasteiger partial charge in [0.15, 0.2) is 0 Å². The fourth-order valence-electron chi connectivity index (χ4n) is 1.47. The van der Waals surface area contributed by atoms with Gasteiger partial charge in [-0.15, -0.1) is 9.63 Å². The van der Waals surface area contributed by atoms with E-state index >= 15 is 0 Å². The number of carbonyl (C=O) groups is 1. The van der Waals surface area contributed by atoms with E-state index in [1.165, 1.54) is 28.6 Å². The van der Waals surface area contributed by atoms with Crippen molar-refractivity contribution in [2.45, 2.75) is 19.0 Å². The van der Waals surface area contributed by atoms with Crippen molar-refractivity contribution in [1.29, 1.82) is 0 Å². The number of fused-ring (bicyclic) bond motifs is 1. The first-order valence-corrected chi connectivity index (χ1v) is 5.48. The molecule has 78 valence electrons. The summed E-state index contributed by atoms with van der Waals surface area (Å²) in [5, 5.41) is 3.24. The van der Waals surface area contributed by atoms with E-state index in [4.69, 9.17) is 4.74 Å². The van der Waals surface area contributed by atoms with Gasteiger partial charge >= 0.3 is 0 Å². The summed E-state index contributed by atoms with van der Waals surface area (Å²) in [4.78, 5) is 9.88. The molecule has 0 unspecified atom stereocenters. The normalized spacial score (nSPS) is 14.4. The van der Waals surface area contributed by atoms with Gasteiger partial charge < -0.3 is 4.74 Å². The molecule has 1 heterocycles. The molecule has 0 saturated heterocycles. The molecule has 1 aromatic carbocycles. The molecule has 0 N–H and O–H groups in total. The summed E-state index contributed by atoms with van der Waals surface area (Å²) in [6.45, 7) is 1.41. The Balaban J connectivity index is 1.97. The zero-order chi connectivity index (χ0) is 10.5. The fourth-order valence-corrected chi connectivity index (χ4v) is 1.96. The van der Waals surface area contributed by atoms with Crippen LogP contribution in [0.2, 0.25) is 0 Å². The van der Waals surface area contributed by atoms with Gasteiger partial charge in [-0.1, -0.05) is 18.2 Å². The number of carbonyl (C=O) groups excluding carboxylic acids is 1. The number of ether oxygens (including phenoxy) is 1. The Morgan fingerprint density at radius 2 is 2.27 bits per heavy atom. The molecule has 5 heteroatoms. The van der Waals surface area contributed by atoms with Crippen molar-refractivity contribution in [3.8, 4) is 0 Å². The van der Waals surface area contributed by atoms with Crippen molar-refractivity contribution in [2.24, 2.45) is 9.63 Å². The highest BCUT2D eigenvalue weighted by Gasteiger charge is 2.10. The Bertz CT molecular complexity index is 393. The topological polar surface area (TPSA) is 51.0 Å². The number of hydrogen-bond acceptors (Lipinski definition) is 4. The molecular formula is C10H10N2O2S. The van der Waals surface area contributed by atoms with Gasteiger partial charge in [0.2, 0.25) is 0 Å². The monoisotopic (exact) mass is 222 g/mol. The predicted octanol–water partition coefficient (Wildman–Crippen LogP) is 2.47. The summed E-state index contributed by atoms with van der Waals surface area (Å²) < 4.78 is 8.94. The maximum atomic E-state index is 9.88. The van der Waals surface area contributed by atoms with Gasteiger partial charge in [-0.25, -0.2) is 0 Å². The lowest BCUT2D eigenvalue weighted by atomic mass is 10.1. The van der Waals surface area contributed by atoms with E-state index in [1.54, 1.807) is 0 Å². The lowest BCUT2D eigenvalue weighted by molar-refractivity contribution is -0.107. The Kier molecular flexibility index (Phi) is 3.47. The quantitative estimate of drug-likeness (QED) is 0.446. The zero-order valence-corrected chi connectivity index (χ0v) is 8.87. The fraction of sp³-hybridized carbons (Fsp3) is 0.300. The van der Waals surface area contributed by atoms with Gasteiger partial charge in [0.25, 0.3) is 6.41 Å². The van der Waals surface area contributed by atoms with Gasteiger partial charge in [0, 0.05) is 17.7 Å². The summed E-state index contributed by atoms with van der Waals surface area (Å²) in [7, 11) is 0. The molecule has 0 spiro atoms. The van der Waals surface area contributed by atoms with E-state index in [-0.39, 0.29) is 0 Å². The second-order valence-corrected chi connectivity index (χ2v) is 3.88. The van der Waals surface area contributed by atoms with Gasteiger partial charge in [-0.05, 0) is 16.7 Å². The van der Waals surface area contributed by atoms with Crippen molar-refractivity contribution in [3.05, 3.63) is 34.9 Å². The van der Waals surface area contributed by atoms with Crippen LogP contribution in [0.5, 0.6) is 0 Å². The summed E-state index contributed by atoms with van der Waals surface area (Å²) in [5.74, 6) is 0.727. The number of rotatable bonds is 4. The summed E-state index contributed by atoms with van der Waals surface area (Å²) in [6.07, 6.45) is 0.434. The van der Waals surface area contributed by atoms with Crippen LogP contribution in [0, 0.1) is 0 Å². The molecule has 0 aliphatic carbocycles. The van der Waals surface area contributed by atoms with Crippen molar-refractivity contribution >= 4 is 18.4 Å². The minimum Gasteiger partial charge on any atom is -0.372 e. The highest BCUT2D eigenvalue weighted by atomic mass is 32.2. The molecule has 1 amide bonds. The maximum absolute atomic E-state index is 9.88. The number of nitrogens with zero attached hydrogens (tertiary/aromatic N) is 2. The van der Waals surface area contributed by atoms with Crippen LogP contribution in [0.15, 0.2) is 27.8 Å². The smallest absolute Gasteiger partial charge is 0.253 e. The van der Waals surface area contributed by atoms with E-state index in [1.807, 2.05) is 0 Å². The lowest BCUT2D eigenvalue weighted by Crippen LogP contribution is -1.85. The first kappa shape index (κ1) is 10.3. The highest BCUT2D eigenvalue weighted by molar-refractivity contribution is 7.97. The largest absolute Gasteiger partial charge is 0.372 e. The van der Waals surface area contributed by atoms with Crippen molar-refractivity contribution < 1.29 is 9.53 Å². The molecule has 0 radical (unpaired) electrons. The molecular weight excluding hydrogens is 212 g/mol. The first-order valence-electron chi connectivity index (χ1n) is 4.54. The molecule has 0 saturated carbocycles. The number of hydrogen-bond donors (Lipinski definition) is 0. The second kappa shape index (κ2) is 5.04. The summed E-state index contributed by atoms with van der Waals surface area (Å²) >= 11 is 1.26. The van der Waals surface area contributed by atoms with E-state index in [0.29, 0.717) is 19.6 Å². The molecule has 4 nitrogen and oxygen atoms in total. The van der Waals surface area contributed by atoms with Gasteiger partial charge in [0.1, 0.15) is 0 Å². The van der Waals surface area contributed by atoms with E-state index in [2.05, 4.69) is 27.8 Å². The third kappa shape index (κ3) is 2.64. The number of benzene rings is 1.